The number of amides is 1. The normalized spacial score (nSPS) is 15.8. The van der Waals surface area contributed by atoms with Crippen LogP contribution >= 0.6 is 15.9 Å². The summed E-state index contributed by atoms with van der Waals surface area (Å²) >= 11 is 3.14. The molecule has 0 bridgehead atoms. The second-order valence-corrected chi connectivity index (χ2v) is 5.77. The molecule has 5 nitrogen and oxygen atoms in total. The van der Waals surface area contributed by atoms with Crippen LogP contribution in [0.1, 0.15) is 12.8 Å². The van der Waals surface area contributed by atoms with E-state index < -0.39 is 11.8 Å². The highest BCUT2D eigenvalue weighted by Gasteiger charge is 2.27. The third-order valence-corrected chi connectivity index (χ3v) is 3.94. The Kier molecular flexibility index (Phi) is 5.17. The van der Waals surface area contributed by atoms with Gasteiger partial charge in [-0.15, -0.1) is 0 Å². The van der Waals surface area contributed by atoms with Gasteiger partial charge in [0.1, 0.15) is 0 Å². The van der Waals surface area contributed by atoms with E-state index in [4.69, 9.17) is 9.84 Å². The molecule has 1 aliphatic rings. The molecule has 0 spiro atoms. The van der Waals surface area contributed by atoms with Gasteiger partial charge in [0.05, 0.1) is 5.92 Å². The number of carboxylic acids is 1. The monoisotopic (exact) mass is 359 g/mol. The highest BCUT2D eigenvalue weighted by Crippen LogP contribution is 2.22. The van der Waals surface area contributed by atoms with Crippen molar-refractivity contribution < 1.29 is 23.8 Å². The largest absolute Gasteiger partial charge is 0.481 e. The standard InChI is InChI=1S/C14H15BrFNO4/c15-10-1-2-12(11(16)7-10)21-8-13(18)17-5-3-9(4-6-17)14(19)20/h1-2,7,9H,3-6,8H2,(H,19,20). The summed E-state index contributed by atoms with van der Waals surface area (Å²) < 4.78 is 19.3. The van der Waals surface area contributed by atoms with Crippen molar-refractivity contribution >= 4 is 27.8 Å². The van der Waals surface area contributed by atoms with Crippen molar-refractivity contribution in [2.24, 2.45) is 5.92 Å². The van der Waals surface area contributed by atoms with E-state index in [1.807, 2.05) is 0 Å². The van der Waals surface area contributed by atoms with Gasteiger partial charge in [0.25, 0.3) is 5.91 Å². The van der Waals surface area contributed by atoms with E-state index >= 15 is 0 Å². The lowest BCUT2D eigenvalue weighted by Crippen LogP contribution is -2.42. The number of rotatable bonds is 4. The summed E-state index contributed by atoms with van der Waals surface area (Å²) in [4.78, 5) is 24.3. The molecule has 1 heterocycles. The number of hydrogen-bond acceptors (Lipinski definition) is 3. The Morgan fingerprint density at radius 1 is 1.38 bits per heavy atom. The zero-order valence-electron chi connectivity index (χ0n) is 11.2. The van der Waals surface area contributed by atoms with Gasteiger partial charge >= 0.3 is 5.97 Å². The van der Waals surface area contributed by atoms with Gasteiger partial charge < -0.3 is 14.7 Å². The van der Waals surface area contributed by atoms with Crippen LogP contribution < -0.4 is 4.74 Å². The number of carbonyl (C=O) groups excluding carboxylic acids is 1. The SMILES string of the molecule is O=C(O)C1CCN(C(=O)COc2ccc(Br)cc2F)CC1. The zero-order chi connectivity index (χ0) is 15.4. The van der Waals surface area contributed by atoms with Gasteiger partial charge in [-0.05, 0) is 31.0 Å². The predicted molar refractivity (Wildman–Crippen MR) is 76.5 cm³/mol. The Balaban J connectivity index is 1.84. The second-order valence-electron chi connectivity index (χ2n) is 4.86. The molecule has 0 atom stereocenters. The summed E-state index contributed by atoms with van der Waals surface area (Å²) in [6.45, 7) is 0.528. The van der Waals surface area contributed by atoms with Crippen molar-refractivity contribution in [2.75, 3.05) is 19.7 Å². The van der Waals surface area contributed by atoms with Crippen LogP contribution in [-0.2, 0) is 9.59 Å². The number of likely N-dealkylation sites (tertiary alicyclic amines) is 1. The van der Waals surface area contributed by atoms with Gasteiger partial charge in [0, 0.05) is 17.6 Å². The van der Waals surface area contributed by atoms with Crippen LogP contribution in [0.15, 0.2) is 22.7 Å². The van der Waals surface area contributed by atoms with Crippen molar-refractivity contribution in [3.8, 4) is 5.75 Å². The first-order valence-electron chi connectivity index (χ1n) is 6.56. The van der Waals surface area contributed by atoms with Crippen molar-refractivity contribution in [1.29, 1.82) is 0 Å². The number of halogens is 2. The maximum absolute atomic E-state index is 13.5. The first kappa shape index (κ1) is 15.8. The Morgan fingerprint density at radius 3 is 2.62 bits per heavy atom. The minimum atomic E-state index is -0.824. The van der Waals surface area contributed by atoms with Gasteiger partial charge in [-0.1, -0.05) is 15.9 Å². The summed E-state index contributed by atoms with van der Waals surface area (Å²) in [6.07, 6.45) is 0.876. The molecular weight excluding hydrogens is 345 g/mol. The number of hydrogen-bond donors (Lipinski definition) is 1. The smallest absolute Gasteiger partial charge is 0.306 e. The van der Waals surface area contributed by atoms with Gasteiger partial charge in [0.2, 0.25) is 0 Å². The maximum atomic E-state index is 13.5. The van der Waals surface area contributed by atoms with Gasteiger partial charge in [0.15, 0.2) is 18.2 Å². The quantitative estimate of drug-likeness (QED) is 0.895. The molecule has 1 amide bonds. The summed E-state index contributed by atoms with van der Waals surface area (Å²) in [7, 11) is 0. The van der Waals surface area contributed by atoms with E-state index in [1.54, 1.807) is 11.0 Å². The van der Waals surface area contributed by atoms with Crippen LogP contribution in [0.5, 0.6) is 5.75 Å². The molecule has 1 N–H and O–H groups in total. The Morgan fingerprint density at radius 2 is 2.05 bits per heavy atom. The first-order chi connectivity index (χ1) is 9.97. The first-order valence-corrected chi connectivity index (χ1v) is 7.35. The summed E-state index contributed by atoms with van der Waals surface area (Å²) in [5.41, 5.74) is 0. The second kappa shape index (κ2) is 6.89. The molecule has 1 fully saturated rings. The summed E-state index contributed by atoms with van der Waals surface area (Å²) in [5, 5.41) is 8.89. The third-order valence-electron chi connectivity index (χ3n) is 3.44. The highest BCUT2D eigenvalue weighted by atomic mass is 79.9. The van der Waals surface area contributed by atoms with E-state index in [0.717, 1.165) is 0 Å². The summed E-state index contributed by atoms with van der Waals surface area (Å²) in [5.74, 6) is -2.00. The van der Waals surface area contributed by atoms with Gasteiger partial charge in [-0.2, -0.15) is 0 Å². The third kappa shape index (κ3) is 4.17. The van der Waals surface area contributed by atoms with Crippen molar-refractivity contribution in [2.45, 2.75) is 12.8 Å². The van der Waals surface area contributed by atoms with Crippen molar-refractivity contribution in [3.05, 3.63) is 28.5 Å². The van der Waals surface area contributed by atoms with E-state index in [2.05, 4.69) is 15.9 Å². The van der Waals surface area contributed by atoms with Crippen LogP contribution in [-0.4, -0.2) is 41.6 Å². The zero-order valence-corrected chi connectivity index (χ0v) is 12.8. The Bertz CT molecular complexity index is 544. The molecule has 1 aliphatic heterocycles. The lowest BCUT2D eigenvalue weighted by atomic mass is 9.97. The van der Waals surface area contributed by atoms with Crippen LogP contribution in [0, 0.1) is 11.7 Å². The number of carbonyl (C=O) groups is 2. The molecule has 0 aromatic heterocycles. The van der Waals surface area contributed by atoms with Crippen LogP contribution in [0.2, 0.25) is 0 Å². The van der Waals surface area contributed by atoms with Gasteiger partial charge in [-0.25, -0.2) is 4.39 Å². The van der Waals surface area contributed by atoms with Crippen molar-refractivity contribution in [1.82, 2.24) is 4.90 Å². The fraction of sp³-hybridized carbons (Fsp3) is 0.429. The molecule has 0 saturated carbocycles. The lowest BCUT2D eigenvalue weighted by molar-refractivity contribution is -0.146. The molecule has 21 heavy (non-hydrogen) atoms. The maximum Gasteiger partial charge on any atom is 0.306 e. The number of nitrogens with zero attached hydrogens (tertiary/aromatic N) is 1. The lowest BCUT2D eigenvalue weighted by Gasteiger charge is -2.30. The van der Waals surface area contributed by atoms with E-state index in [9.17, 15) is 14.0 Å². The molecule has 1 aromatic carbocycles. The predicted octanol–water partition coefficient (Wildman–Crippen LogP) is 2.29. The van der Waals surface area contributed by atoms with Crippen LogP contribution in [0.25, 0.3) is 0 Å². The minimum Gasteiger partial charge on any atom is -0.481 e. The van der Waals surface area contributed by atoms with Crippen LogP contribution in [0.3, 0.4) is 0 Å². The average Bonchev–Trinajstić information content (AvgIpc) is 2.46. The number of ether oxygens (including phenoxy) is 1. The molecule has 2 rings (SSSR count). The molecule has 7 heteroatoms. The molecule has 0 aliphatic carbocycles. The number of carboxylic acid groups (broad SMARTS) is 1. The van der Waals surface area contributed by atoms with Gasteiger partial charge in [-0.3, -0.25) is 9.59 Å². The molecular formula is C14H15BrFNO4. The molecule has 1 saturated heterocycles. The Labute approximate surface area is 129 Å². The van der Waals surface area contributed by atoms with Crippen LogP contribution in [0.4, 0.5) is 4.39 Å². The topological polar surface area (TPSA) is 66.8 Å². The molecule has 1 aromatic rings. The fourth-order valence-electron chi connectivity index (χ4n) is 2.20. The Hall–Kier alpha value is -1.63. The number of piperidine rings is 1. The number of aliphatic carboxylic acids is 1. The number of benzene rings is 1. The minimum absolute atomic E-state index is 0.0203. The summed E-state index contributed by atoms with van der Waals surface area (Å²) in [6, 6.07) is 4.34. The molecule has 0 unspecified atom stereocenters. The highest BCUT2D eigenvalue weighted by molar-refractivity contribution is 9.10. The van der Waals surface area contributed by atoms with E-state index in [-0.39, 0.29) is 24.2 Å². The van der Waals surface area contributed by atoms with E-state index in [0.29, 0.717) is 30.4 Å². The van der Waals surface area contributed by atoms with E-state index in [1.165, 1.54) is 12.1 Å². The fourth-order valence-corrected chi connectivity index (χ4v) is 2.53. The van der Waals surface area contributed by atoms with Crippen molar-refractivity contribution in [3.63, 3.8) is 0 Å². The molecule has 114 valence electrons. The molecule has 0 radical (unpaired) electrons. The average molecular weight is 360 g/mol.